The first-order chi connectivity index (χ1) is 15.9. The largest absolute Gasteiger partial charge is 0.480 e. The molecule has 2 aromatic rings. The van der Waals surface area contributed by atoms with E-state index in [1.165, 1.54) is 16.0 Å². The minimum absolute atomic E-state index is 0.00253. The van der Waals surface area contributed by atoms with Gasteiger partial charge in [-0.25, -0.2) is 9.59 Å². The molecule has 1 saturated carbocycles. The number of carbonyl (C=O) groups is 3. The summed E-state index contributed by atoms with van der Waals surface area (Å²) in [7, 11) is 0. The van der Waals surface area contributed by atoms with Crippen molar-refractivity contribution in [3.8, 4) is 11.1 Å². The zero-order chi connectivity index (χ0) is 23.2. The number of nitrogens with zero attached hydrogens (tertiary/aromatic N) is 1. The van der Waals surface area contributed by atoms with Gasteiger partial charge in [-0.05, 0) is 54.9 Å². The van der Waals surface area contributed by atoms with Crippen molar-refractivity contribution >= 4 is 18.0 Å². The van der Waals surface area contributed by atoms with Crippen molar-refractivity contribution in [2.45, 2.75) is 50.1 Å². The van der Waals surface area contributed by atoms with Crippen LogP contribution in [0, 0.1) is 5.92 Å². The van der Waals surface area contributed by atoms with Crippen LogP contribution < -0.4 is 5.32 Å². The van der Waals surface area contributed by atoms with E-state index >= 15 is 0 Å². The Hall–Kier alpha value is -3.35. The lowest BCUT2D eigenvalue weighted by molar-refractivity contribution is -0.158. The third kappa shape index (κ3) is 3.65. The summed E-state index contributed by atoms with van der Waals surface area (Å²) in [4.78, 5) is 38.4. The minimum Gasteiger partial charge on any atom is -0.480 e. The Bertz CT molecular complexity index is 1060. The smallest absolute Gasteiger partial charge is 0.407 e. The normalized spacial score (nSPS) is 25.7. The van der Waals surface area contributed by atoms with Crippen LogP contribution in [0.1, 0.15) is 49.7 Å². The van der Waals surface area contributed by atoms with Crippen LogP contribution in [-0.4, -0.2) is 52.7 Å². The van der Waals surface area contributed by atoms with E-state index in [1.807, 2.05) is 24.3 Å². The molecule has 2 N–H and O–H groups in total. The number of carboxylic acid groups (broad SMARTS) is 1. The predicted octanol–water partition coefficient (Wildman–Crippen LogP) is 3.77. The zero-order valence-corrected chi connectivity index (χ0v) is 18.6. The minimum atomic E-state index is -1.12. The second kappa shape index (κ2) is 8.21. The highest BCUT2D eigenvalue weighted by Crippen LogP contribution is 2.44. The summed E-state index contributed by atoms with van der Waals surface area (Å²) in [5.41, 5.74) is 3.55. The summed E-state index contributed by atoms with van der Waals surface area (Å²) in [5, 5.41) is 12.4. The summed E-state index contributed by atoms with van der Waals surface area (Å²) < 4.78 is 5.58. The molecule has 2 fully saturated rings. The molecule has 0 aromatic heterocycles. The number of ether oxygens (including phenoxy) is 1. The molecular weight excluding hydrogens is 420 g/mol. The van der Waals surface area contributed by atoms with E-state index in [2.05, 4.69) is 29.6 Å². The van der Waals surface area contributed by atoms with Gasteiger partial charge in [0.25, 0.3) is 0 Å². The lowest BCUT2D eigenvalue weighted by atomic mass is 9.78. The number of hydrogen-bond donors (Lipinski definition) is 2. The number of carboxylic acids is 1. The molecule has 1 aliphatic heterocycles. The van der Waals surface area contributed by atoms with Crippen LogP contribution in [0.2, 0.25) is 0 Å². The number of amides is 2. The molecule has 5 rings (SSSR count). The molecule has 2 aromatic carbocycles. The Labute approximate surface area is 192 Å². The number of aliphatic carboxylic acids is 1. The van der Waals surface area contributed by atoms with Crippen molar-refractivity contribution in [3.63, 3.8) is 0 Å². The fourth-order valence-electron chi connectivity index (χ4n) is 5.50. The summed E-state index contributed by atoms with van der Waals surface area (Å²) in [5.74, 6) is -1.33. The molecule has 0 radical (unpaired) electrons. The Balaban J connectivity index is 1.14. The van der Waals surface area contributed by atoms with Gasteiger partial charge in [0.15, 0.2) is 0 Å². The van der Waals surface area contributed by atoms with Crippen molar-refractivity contribution in [1.82, 2.24) is 10.2 Å². The molecule has 1 atom stereocenters. The maximum absolute atomic E-state index is 12.8. The van der Waals surface area contributed by atoms with Crippen molar-refractivity contribution in [2.24, 2.45) is 5.92 Å². The van der Waals surface area contributed by atoms with Gasteiger partial charge in [-0.15, -0.1) is 0 Å². The fourth-order valence-corrected chi connectivity index (χ4v) is 5.50. The molecule has 33 heavy (non-hydrogen) atoms. The molecule has 0 unspecified atom stereocenters. The molecular formula is C26H28N2O5. The maximum Gasteiger partial charge on any atom is 0.407 e. The van der Waals surface area contributed by atoms with E-state index in [-0.39, 0.29) is 30.4 Å². The van der Waals surface area contributed by atoms with Crippen LogP contribution in [0.3, 0.4) is 0 Å². The van der Waals surface area contributed by atoms with Crippen LogP contribution in [0.15, 0.2) is 48.5 Å². The monoisotopic (exact) mass is 448 g/mol. The van der Waals surface area contributed by atoms with E-state index in [0.717, 1.165) is 11.1 Å². The second-order valence-electron chi connectivity index (χ2n) is 9.51. The van der Waals surface area contributed by atoms with Gasteiger partial charge in [0.05, 0.1) is 0 Å². The first-order valence-corrected chi connectivity index (χ1v) is 11.5. The molecule has 3 aliphatic rings. The van der Waals surface area contributed by atoms with Crippen molar-refractivity contribution in [1.29, 1.82) is 0 Å². The lowest BCUT2D eigenvalue weighted by Crippen LogP contribution is -2.56. The van der Waals surface area contributed by atoms with Gasteiger partial charge in [0.2, 0.25) is 5.91 Å². The quantitative estimate of drug-likeness (QED) is 0.726. The highest BCUT2D eigenvalue weighted by Gasteiger charge is 2.49. The number of nitrogens with one attached hydrogen (secondary N) is 1. The van der Waals surface area contributed by atoms with E-state index in [1.54, 1.807) is 6.92 Å². The second-order valence-corrected chi connectivity index (χ2v) is 9.51. The van der Waals surface area contributed by atoms with E-state index in [0.29, 0.717) is 32.2 Å². The van der Waals surface area contributed by atoms with Gasteiger partial charge in [0, 0.05) is 24.4 Å². The molecule has 2 amide bonds. The third-order valence-corrected chi connectivity index (χ3v) is 7.52. The Kier molecular flexibility index (Phi) is 5.35. The van der Waals surface area contributed by atoms with Gasteiger partial charge in [-0.3, -0.25) is 4.79 Å². The Morgan fingerprint density at radius 2 is 1.67 bits per heavy atom. The molecule has 0 spiro atoms. The summed E-state index contributed by atoms with van der Waals surface area (Å²) in [6.07, 6.45) is 1.71. The van der Waals surface area contributed by atoms with Gasteiger partial charge >= 0.3 is 12.1 Å². The fraction of sp³-hybridized carbons (Fsp3) is 0.423. The Morgan fingerprint density at radius 3 is 2.27 bits per heavy atom. The van der Waals surface area contributed by atoms with Crippen molar-refractivity contribution in [2.75, 3.05) is 13.2 Å². The van der Waals surface area contributed by atoms with Crippen LogP contribution in [0.5, 0.6) is 0 Å². The average molecular weight is 449 g/mol. The first kappa shape index (κ1) is 21.5. The Morgan fingerprint density at radius 1 is 1.06 bits per heavy atom. The topological polar surface area (TPSA) is 95.9 Å². The highest BCUT2D eigenvalue weighted by molar-refractivity contribution is 5.89. The highest BCUT2D eigenvalue weighted by atomic mass is 16.5. The van der Waals surface area contributed by atoms with Gasteiger partial charge in [-0.2, -0.15) is 0 Å². The standard InChI is InChI=1S/C26H28N2O5/c1-26(24(30)31)11-6-12-28(26)23(29)16-13-17(14-16)27-25(32)33-15-22-20-9-4-2-7-18(20)19-8-3-5-10-21(19)22/h2-5,7-10,16-17,22H,6,11-15H2,1H3,(H,27,32)(H,30,31)/t16?,17?,26-/m0/s1. The number of hydrogen-bond acceptors (Lipinski definition) is 4. The van der Waals surface area contributed by atoms with Crippen LogP contribution >= 0.6 is 0 Å². The molecule has 1 saturated heterocycles. The van der Waals surface area contributed by atoms with Crippen LogP contribution in [0.25, 0.3) is 11.1 Å². The lowest BCUT2D eigenvalue weighted by Gasteiger charge is -2.40. The molecule has 172 valence electrons. The van der Waals surface area contributed by atoms with Crippen LogP contribution in [-0.2, 0) is 14.3 Å². The van der Waals surface area contributed by atoms with Gasteiger partial charge < -0.3 is 20.1 Å². The molecule has 1 heterocycles. The number of rotatable bonds is 5. The average Bonchev–Trinajstić information content (AvgIpc) is 3.33. The summed E-state index contributed by atoms with van der Waals surface area (Å²) >= 11 is 0. The number of carbonyl (C=O) groups excluding carboxylic acids is 2. The maximum atomic E-state index is 12.8. The predicted molar refractivity (Wildman–Crippen MR) is 122 cm³/mol. The number of fused-ring (bicyclic) bond motifs is 3. The number of benzene rings is 2. The summed E-state index contributed by atoms with van der Waals surface area (Å²) in [6, 6.07) is 16.2. The SMILES string of the molecule is C[C@@]1(C(=O)O)CCCN1C(=O)C1CC(NC(=O)OCC2c3ccccc3-c3ccccc32)C1. The molecule has 0 bridgehead atoms. The van der Waals surface area contributed by atoms with Gasteiger partial charge in [0.1, 0.15) is 12.1 Å². The molecule has 7 heteroatoms. The van der Waals surface area contributed by atoms with Crippen molar-refractivity contribution < 1.29 is 24.2 Å². The number of alkyl carbamates (subject to hydrolysis) is 1. The van der Waals surface area contributed by atoms with E-state index in [9.17, 15) is 19.5 Å². The number of likely N-dealkylation sites (tertiary alicyclic amines) is 1. The molecule has 7 nitrogen and oxygen atoms in total. The van der Waals surface area contributed by atoms with E-state index in [4.69, 9.17) is 4.74 Å². The van der Waals surface area contributed by atoms with Crippen molar-refractivity contribution in [3.05, 3.63) is 59.7 Å². The van der Waals surface area contributed by atoms with Crippen LogP contribution in [0.4, 0.5) is 4.79 Å². The first-order valence-electron chi connectivity index (χ1n) is 11.5. The molecule has 2 aliphatic carbocycles. The summed E-state index contributed by atoms with van der Waals surface area (Å²) in [6.45, 7) is 2.34. The van der Waals surface area contributed by atoms with Gasteiger partial charge in [-0.1, -0.05) is 48.5 Å². The van der Waals surface area contributed by atoms with E-state index < -0.39 is 17.6 Å². The zero-order valence-electron chi connectivity index (χ0n) is 18.6. The third-order valence-electron chi connectivity index (χ3n) is 7.52.